The molecule has 0 saturated heterocycles. The highest BCUT2D eigenvalue weighted by atomic mass is 35.5. The number of alkyl halides is 2. The summed E-state index contributed by atoms with van der Waals surface area (Å²) < 4.78 is 11.8. The molecule has 0 spiro atoms. The number of benzene rings is 1. The molecule has 0 bridgehead atoms. The maximum Gasteiger partial charge on any atom is 0.215 e. The number of ketones is 1. The lowest BCUT2D eigenvalue weighted by atomic mass is 9.95. The minimum absolute atomic E-state index is 0.0475. The van der Waals surface area contributed by atoms with E-state index in [0.717, 1.165) is 15.6 Å². The largest absolute Gasteiger partial charge is 0.335 e. The monoisotopic (exact) mass is 363 g/mol. The van der Waals surface area contributed by atoms with E-state index in [0.29, 0.717) is 12.1 Å². The van der Waals surface area contributed by atoms with Gasteiger partial charge in [0.2, 0.25) is 10.1 Å². The van der Waals surface area contributed by atoms with Crippen molar-refractivity contribution in [3.63, 3.8) is 0 Å². The molecule has 2 nitrogen and oxygen atoms in total. The Kier molecular flexibility index (Phi) is 3.77. The number of allylic oxidation sites excluding steroid dienone is 3. The normalized spacial score (nSPS) is 21.9. The van der Waals surface area contributed by atoms with Gasteiger partial charge in [-0.25, -0.2) is 4.39 Å². The van der Waals surface area contributed by atoms with Gasteiger partial charge in [-0.1, -0.05) is 46.6 Å². The fourth-order valence-electron chi connectivity index (χ4n) is 2.24. The number of hydrogen-bond donors (Lipinski definition) is 0. The summed E-state index contributed by atoms with van der Waals surface area (Å²) in [5.74, 6) is -0.789. The van der Waals surface area contributed by atoms with Crippen LogP contribution in [-0.2, 0) is 4.79 Å². The van der Waals surface area contributed by atoms with E-state index in [9.17, 15) is 9.18 Å². The van der Waals surface area contributed by atoms with Crippen LogP contribution >= 0.6 is 46.6 Å². The molecule has 1 aliphatic carbocycles. The number of halogens is 4. The SMILES string of the molecule is CCN1/C(=C/C2=C(Cl)C(=O)C2(Cl)Cl)Sc2ccc(F)cc21. The topological polar surface area (TPSA) is 20.3 Å². The van der Waals surface area contributed by atoms with Gasteiger partial charge in [-0.15, -0.1) is 0 Å². The van der Waals surface area contributed by atoms with E-state index in [2.05, 4.69) is 0 Å². The Morgan fingerprint density at radius 1 is 1.43 bits per heavy atom. The van der Waals surface area contributed by atoms with Crippen molar-refractivity contribution in [2.75, 3.05) is 11.4 Å². The van der Waals surface area contributed by atoms with Crippen molar-refractivity contribution in [3.05, 3.63) is 45.7 Å². The Bertz CT molecular complexity index is 714. The molecule has 0 radical (unpaired) electrons. The number of rotatable bonds is 2. The number of Topliss-reactive ketones (excluding diaryl/α,β-unsaturated/α-hetero) is 1. The zero-order chi connectivity index (χ0) is 15.4. The number of anilines is 1. The highest BCUT2D eigenvalue weighted by molar-refractivity contribution is 8.03. The predicted molar refractivity (Wildman–Crippen MR) is 85.7 cm³/mol. The van der Waals surface area contributed by atoms with E-state index >= 15 is 0 Å². The summed E-state index contributed by atoms with van der Waals surface area (Å²) in [5.41, 5.74) is 1.16. The van der Waals surface area contributed by atoms with Gasteiger partial charge < -0.3 is 4.90 Å². The summed E-state index contributed by atoms with van der Waals surface area (Å²) in [7, 11) is 0. The van der Waals surface area contributed by atoms with E-state index in [-0.39, 0.29) is 10.8 Å². The van der Waals surface area contributed by atoms with Gasteiger partial charge in [0.25, 0.3) is 0 Å². The van der Waals surface area contributed by atoms with Crippen LogP contribution in [0.5, 0.6) is 0 Å². The molecule has 2 aliphatic rings. The van der Waals surface area contributed by atoms with Gasteiger partial charge in [-0.2, -0.15) is 0 Å². The van der Waals surface area contributed by atoms with Crippen LogP contribution in [0, 0.1) is 5.82 Å². The number of thioether (sulfide) groups is 1. The zero-order valence-corrected chi connectivity index (χ0v) is 13.9. The van der Waals surface area contributed by atoms with Crippen LogP contribution in [-0.4, -0.2) is 16.7 Å². The molecule has 1 aromatic carbocycles. The highest BCUT2D eigenvalue weighted by Gasteiger charge is 2.50. The predicted octanol–water partition coefficient (Wildman–Crippen LogP) is 4.85. The molecular formula is C14H9Cl3FNOS. The summed E-state index contributed by atoms with van der Waals surface area (Å²) in [6, 6.07) is 4.60. The van der Waals surface area contributed by atoms with Gasteiger partial charge in [-0.05, 0) is 31.2 Å². The standard InChI is InChI=1S/C14H9Cl3FNOS/c1-2-19-9-5-7(18)3-4-10(9)21-11(19)6-8-12(15)13(20)14(8,16)17/h3-6H,2H2,1H3/b11-6-. The van der Waals surface area contributed by atoms with Crippen LogP contribution in [0.1, 0.15) is 6.92 Å². The fourth-order valence-corrected chi connectivity index (χ4v) is 4.41. The Balaban J connectivity index is 2.03. The number of nitrogens with zero attached hydrogens (tertiary/aromatic N) is 1. The summed E-state index contributed by atoms with van der Waals surface area (Å²) in [4.78, 5) is 14.4. The molecular weight excluding hydrogens is 356 g/mol. The molecule has 0 amide bonds. The second-order valence-corrected chi connectivity index (χ2v) is 7.34. The first-order valence-corrected chi connectivity index (χ1v) is 8.10. The smallest absolute Gasteiger partial charge is 0.215 e. The van der Waals surface area contributed by atoms with Crippen molar-refractivity contribution >= 4 is 58.0 Å². The van der Waals surface area contributed by atoms with E-state index < -0.39 is 10.1 Å². The average molecular weight is 365 g/mol. The van der Waals surface area contributed by atoms with Gasteiger partial charge in [0, 0.05) is 17.0 Å². The van der Waals surface area contributed by atoms with Gasteiger partial charge in [0.1, 0.15) is 5.82 Å². The lowest BCUT2D eigenvalue weighted by molar-refractivity contribution is -0.116. The molecule has 7 heteroatoms. The van der Waals surface area contributed by atoms with Crippen molar-refractivity contribution in [2.45, 2.75) is 16.2 Å². The van der Waals surface area contributed by atoms with E-state index in [4.69, 9.17) is 34.8 Å². The Labute approximate surface area is 140 Å². The maximum atomic E-state index is 13.4. The van der Waals surface area contributed by atoms with Crippen LogP contribution in [0.2, 0.25) is 0 Å². The summed E-state index contributed by atoms with van der Waals surface area (Å²) in [6.07, 6.45) is 1.69. The molecule has 0 atom stereocenters. The van der Waals surface area contributed by atoms with Crippen LogP contribution in [0.3, 0.4) is 0 Å². The third-order valence-corrected chi connectivity index (χ3v) is 5.57. The lowest BCUT2D eigenvalue weighted by Gasteiger charge is -2.30. The summed E-state index contributed by atoms with van der Waals surface area (Å²) >= 11 is 19.3. The molecule has 1 aliphatic heterocycles. The summed E-state index contributed by atoms with van der Waals surface area (Å²) in [5, 5.41) is 0.857. The molecule has 1 heterocycles. The molecule has 110 valence electrons. The minimum atomic E-state index is -1.59. The molecule has 3 rings (SSSR count). The summed E-state index contributed by atoms with van der Waals surface area (Å²) in [6.45, 7) is 2.59. The third kappa shape index (κ3) is 2.29. The lowest BCUT2D eigenvalue weighted by Crippen LogP contribution is -2.39. The molecule has 21 heavy (non-hydrogen) atoms. The van der Waals surface area contributed by atoms with Crippen molar-refractivity contribution in [1.82, 2.24) is 0 Å². The Morgan fingerprint density at radius 3 is 2.76 bits per heavy atom. The zero-order valence-electron chi connectivity index (χ0n) is 10.8. The minimum Gasteiger partial charge on any atom is -0.335 e. The number of carbonyl (C=O) groups excluding carboxylic acids is 1. The molecule has 0 fully saturated rings. The quantitative estimate of drug-likeness (QED) is 0.700. The average Bonchev–Trinajstić information content (AvgIpc) is 2.80. The number of hydrogen-bond acceptors (Lipinski definition) is 3. The fraction of sp³-hybridized carbons (Fsp3) is 0.214. The van der Waals surface area contributed by atoms with E-state index in [1.54, 1.807) is 12.1 Å². The second-order valence-electron chi connectivity index (χ2n) is 4.57. The first kappa shape index (κ1) is 15.2. The second kappa shape index (κ2) is 5.20. The van der Waals surface area contributed by atoms with Crippen LogP contribution in [0.4, 0.5) is 10.1 Å². The first-order chi connectivity index (χ1) is 9.86. The van der Waals surface area contributed by atoms with Gasteiger partial charge in [-0.3, -0.25) is 4.79 Å². The molecule has 0 aromatic heterocycles. The van der Waals surface area contributed by atoms with E-state index in [1.807, 2.05) is 11.8 Å². The van der Waals surface area contributed by atoms with Crippen molar-refractivity contribution in [1.29, 1.82) is 0 Å². The molecule has 0 N–H and O–H groups in total. The van der Waals surface area contributed by atoms with E-state index in [1.165, 1.54) is 23.9 Å². The van der Waals surface area contributed by atoms with Gasteiger partial charge in [0.15, 0.2) is 0 Å². The molecule has 0 saturated carbocycles. The van der Waals surface area contributed by atoms with Crippen molar-refractivity contribution in [3.8, 4) is 0 Å². The number of fused-ring (bicyclic) bond motifs is 1. The molecule has 1 aromatic rings. The maximum absolute atomic E-state index is 13.4. The third-order valence-electron chi connectivity index (χ3n) is 3.34. The molecule has 0 unspecified atom stereocenters. The Morgan fingerprint density at radius 2 is 2.14 bits per heavy atom. The van der Waals surface area contributed by atoms with Crippen LogP contribution < -0.4 is 4.90 Å². The van der Waals surface area contributed by atoms with Crippen LogP contribution in [0.25, 0.3) is 0 Å². The Hall–Kier alpha value is -0.680. The van der Waals surface area contributed by atoms with Gasteiger partial charge >= 0.3 is 0 Å². The van der Waals surface area contributed by atoms with Gasteiger partial charge in [0.05, 0.1) is 15.7 Å². The van der Waals surface area contributed by atoms with Crippen molar-refractivity contribution < 1.29 is 9.18 Å². The van der Waals surface area contributed by atoms with Crippen LogP contribution in [0.15, 0.2) is 44.8 Å². The first-order valence-electron chi connectivity index (χ1n) is 6.15. The van der Waals surface area contributed by atoms with Crippen molar-refractivity contribution in [2.24, 2.45) is 0 Å². The highest BCUT2D eigenvalue weighted by Crippen LogP contribution is 2.51. The number of carbonyl (C=O) groups is 1.